The summed E-state index contributed by atoms with van der Waals surface area (Å²) >= 11 is 0. The summed E-state index contributed by atoms with van der Waals surface area (Å²) in [5.74, 6) is -1.80. The van der Waals surface area contributed by atoms with Crippen LogP contribution in [0.1, 0.15) is 33.6 Å². The van der Waals surface area contributed by atoms with E-state index in [1.54, 1.807) is 0 Å². The van der Waals surface area contributed by atoms with E-state index in [9.17, 15) is 9.59 Å². The van der Waals surface area contributed by atoms with Crippen LogP contribution in [0, 0.1) is 5.41 Å². The van der Waals surface area contributed by atoms with E-state index < -0.39 is 18.0 Å². The summed E-state index contributed by atoms with van der Waals surface area (Å²) in [4.78, 5) is 21.3. The van der Waals surface area contributed by atoms with Crippen LogP contribution in [0.25, 0.3) is 0 Å². The van der Waals surface area contributed by atoms with Gasteiger partial charge in [0.2, 0.25) is 0 Å². The SMILES string of the molecule is CC(C)(C)COC(=O)CCC(O)C(=O)O. The Kier molecular flexibility index (Phi) is 5.28. The van der Waals surface area contributed by atoms with E-state index in [2.05, 4.69) is 0 Å². The lowest BCUT2D eigenvalue weighted by atomic mass is 9.99. The van der Waals surface area contributed by atoms with Gasteiger partial charge < -0.3 is 14.9 Å². The van der Waals surface area contributed by atoms with Crippen molar-refractivity contribution in [2.24, 2.45) is 5.41 Å². The predicted molar refractivity (Wildman–Crippen MR) is 53.3 cm³/mol. The highest BCUT2D eigenvalue weighted by atomic mass is 16.5. The molecule has 0 aliphatic carbocycles. The molecule has 0 heterocycles. The second-order valence-electron chi connectivity index (χ2n) is 4.61. The Balaban J connectivity index is 3.72. The van der Waals surface area contributed by atoms with Gasteiger partial charge in [-0.15, -0.1) is 0 Å². The molecule has 0 aromatic heterocycles. The Labute approximate surface area is 89.0 Å². The molecule has 5 nitrogen and oxygen atoms in total. The predicted octanol–water partition coefficient (Wildman–Crippen LogP) is 0.801. The molecule has 0 spiro atoms. The van der Waals surface area contributed by atoms with Crippen molar-refractivity contribution in [2.45, 2.75) is 39.7 Å². The fourth-order valence-electron chi connectivity index (χ4n) is 0.747. The summed E-state index contributed by atoms with van der Waals surface area (Å²) < 4.78 is 4.89. The van der Waals surface area contributed by atoms with Crippen molar-refractivity contribution < 1.29 is 24.5 Å². The molecular formula is C10H18O5. The van der Waals surface area contributed by atoms with Crippen LogP contribution in [0.2, 0.25) is 0 Å². The maximum atomic E-state index is 11.1. The Hall–Kier alpha value is -1.10. The number of hydrogen-bond acceptors (Lipinski definition) is 4. The van der Waals surface area contributed by atoms with Crippen LogP contribution in [0.5, 0.6) is 0 Å². The summed E-state index contributed by atoms with van der Waals surface area (Å²) in [6.07, 6.45) is -1.69. The molecule has 0 saturated carbocycles. The molecule has 0 aliphatic heterocycles. The molecule has 1 unspecified atom stereocenters. The third kappa shape index (κ3) is 7.93. The highest BCUT2D eigenvalue weighted by molar-refractivity contribution is 5.74. The minimum atomic E-state index is -1.49. The van der Waals surface area contributed by atoms with Crippen LogP contribution < -0.4 is 0 Å². The topological polar surface area (TPSA) is 83.8 Å². The highest BCUT2D eigenvalue weighted by Gasteiger charge is 2.17. The van der Waals surface area contributed by atoms with Gasteiger partial charge in [0.05, 0.1) is 6.61 Å². The lowest BCUT2D eigenvalue weighted by molar-refractivity contribution is -0.150. The normalized spacial score (nSPS) is 13.3. The Morgan fingerprint density at radius 2 is 1.87 bits per heavy atom. The van der Waals surface area contributed by atoms with E-state index in [1.165, 1.54) is 0 Å². The summed E-state index contributed by atoms with van der Waals surface area (Å²) in [6.45, 7) is 6.06. The molecule has 15 heavy (non-hydrogen) atoms. The Bertz CT molecular complexity index is 228. The molecule has 0 fully saturated rings. The monoisotopic (exact) mass is 218 g/mol. The minimum absolute atomic E-state index is 0.0798. The molecule has 2 N–H and O–H groups in total. The number of carbonyl (C=O) groups is 2. The molecule has 5 heteroatoms. The van der Waals surface area contributed by atoms with Gasteiger partial charge in [0.15, 0.2) is 6.10 Å². The maximum Gasteiger partial charge on any atom is 0.332 e. The van der Waals surface area contributed by atoms with Crippen molar-refractivity contribution in [2.75, 3.05) is 6.61 Å². The van der Waals surface area contributed by atoms with Gasteiger partial charge in [-0.1, -0.05) is 20.8 Å². The van der Waals surface area contributed by atoms with Gasteiger partial charge in [-0.25, -0.2) is 4.79 Å². The molecule has 0 aliphatic rings. The van der Waals surface area contributed by atoms with E-state index >= 15 is 0 Å². The van der Waals surface area contributed by atoms with E-state index in [0.717, 1.165) is 0 Å². The zero-order valence-electron chi connectivity index (χ0n) is 9.32. The number of hydrogen-bond donors (Lipinski definition) is 2. The fourth-order valence-corrected chi connectivity index (χ4v) is 0.747. The fraction of sp³-hybridized carbons (Fsp3) is 0.800. The van der Waals surface area contributed by atoms with Crippen LogP contribution in [-0.2, 0) is 14.3 Å². The molecule has 0 amide bonds. The first-order valence-corrected chi connectivity index (χ1v) is 4.79. The molecule has 0 bridgehead atoms. The number of rotatable bonds is 5. The van der Waals surface area contributed by atoms with E-state index in [0.29, 0.717) is 0 Å². The van der Waals surface area contributed by atoms with Gasteiger partial charge in [0, 0.05) is 6.42 Å². The first kappa shape index (κ1) is 13.9. The standard InChI is InChI=1S/C10H18O5/c1-10(2,3)6-15-8(12)5-4-7(11)9(13)14/h7,11H,4-6H2,1-3H3,(H,13,14). The van der Waals surface area contributed by atoms with Crippen molar-refractivity contribution in [1.82, 2.24) is 0 Å². The molecular weight excluding hydrogens is 200 g/mol. The maximum absolute atomic E-state index is 11.1. The van der Waals surface area contributed by atoms with E-state index in [-0.39, 0.29) is 24.9 Å². The number of ether oxygens (including phenoxy) is 1. The average molecular weight is 218 g/mol. The first-order chi connectivity index (χ1) is 6.72. The van der Waals surface area contributed by atoms with Gasteiger partial charge in [-0.2, -0.15) is 0 Å². The van der Waals surface area contributed by atoms with Crippen molar-refractivity contribution in [3.05, 3.63) is 0 Å². The van der Waals surface area contributed by atoms with Crippen LogP contribution >= 0.6 is 0 Å². The van der Waals surface area contributed by atoms with Gasteiger partial charge in [0.25, 0.3) is 0 Å². The van der Waals surface area contributed by atoms with E-state index in [4.69, 9.17) is 14.9 Å². The van der Waals surface area contributed by atoms with Crippen LogP contribution in [0.3, 0.4) is 0 Å². The summed E-state index contributed by atoms with van der Waals surface area (Å²) in [6, 6.07) is 0. The average Bonchev–Trinajstić information content (AvgIpc) is 2.09. The van der Waals surface area contributed by atoms with Crippen LogP contribution in [0.15, 0.2) is 0 Å². The van der Waals surface area contributed by atoms with E-state index in [1.807, 2.05) is 20.8 Å². The smallest absolute Gasteiger partial charge is 0.332 e. The number of aliphatic carboxylic acids is 1. The molecule has 0 radical (unpaired) electrons. The van der Waals surface area contributed by atoms with Gasteiger partial charge in [0.1, 0.15) is 0 Å². The van der Waals surface area contributed by atoms with Gasteiger partial charge in [-0.3, -0.25) is 4.79 Å². The largest absolute Gasteiger partial charge is 0.479 e. The highest BCUT2D eigenvalue weighted by Crippen LogP contribution is 2.13. The third-order valence-electron chi connectivity index (χ3n) is 1.57. The Morgan fingerprint density at radius 3 is 2.27 bits per heavy atom. The number of carbonyl (C=O) groups excluding carboxylic acids is 1. The quantitative estimate of drug-likeness (QED) is 0.667. The second-order valence-corrected chi connectivity index (χ2v) is 4.61. The summed E-state index contributed by atoms with van der Waals surface area (Å²) in [5, 5.41) is 17.2. The number of carboxylic acids is 1. The molecule has 88 valence electrons. The molecule has 0 rings (SSSR count). The number of esters is 1. The van der Waals surface area contributed by atoms with Gasteiger partial charge >= 0.3 is 11.9 Å². The van der Waals surface area contributed by atoms with Crippen molar-refractivity contribution in [3.63, 3.8) is 0 Å². The minimum Gasteiger partial charge on any atom is -0.479 e. The van der Waals surface area contributed by atoms with Crippen LogP contribution in [0.4, 0.5) is 0 Å². The summed E-state index contributed by atoms with van der Waals surface area (Å²) in [7, 11) is 0. The Morgan fingerprint density at radius 1 is 1.33 bits per heavy atom. The van der Waals surface area contributed by atoms with Gasteiger partial charge in [-0.05, 0) is 11.8 Å². The second kappa shape index (κ2) is 5.70. The molecule has 0 saturated heterocycles. The first-order valence-electron chi connectivity index (χ1n) is 4.79. The molecule has 0 aromatic carbocycles. The number of carboxylic acid groups (broad SMARTS) is 1. The molecule has 0 aromatic rings. The van der Waals surface area contributed by atoms with Crippen LogP contribution in [-0.4, -0.2) is 34.9 Å². The van der Waals surface area contributed by atoms with Crippen molar-refractivity contribution in [3.8, 4) is 0 Å². The zero-order valence-corrected chi connectivity index (χ0v) is 9.32. The third-order valence-corrected chi connectivity index (χ3v) is 1.57. The van der Waals surface area contributed by atoms with Crippen molar-refractivity contribution >= 4 is 11.9 Å². The number of aliphatic hydroxyl groups is 1. The molecule has 1 atom stereocenters. The van der Waals surface area contributed by atoms with Crippen molar-refractivity contribution in [1.29, 1.82) is 0 Å². The zero-order chi connectivity index (χ0) is 12.1. The lowest BCUT2D eigenvalue weighted by Crippen LogP contribution is -2.22. The summed E-state index contributed by atoms with van der Waals surface area (Å²) in [5.41, 5.74) is -0.110. The lowest BCUT2D eigenvalue weighted by Gasteiger charge is -2.17. The number of aliphatic hydroxyl groups excluding tert-OH is 1.